The van der Waals surface area contributed by atoms with Crippen LogP contribution in [0.25, 0.3) is 10.2 Å². The van der Waals surface area contributed by atoms with Crippen LogP contribution in [0.5, 0.6) is 0 Å². The van der Waals surface area contributed by atoms with Gasteiger partial charge >= 0.3 is 0 Å². The Labute approximate surface area is 169 Å². The smallest absolute Gasteiger partial charge is 0.258 e. The number of benzene rings is 2. The molecule has 8 heteroatoms. The SMILES string of the molecule is CCOCCn1c(=NC(=O)CSCc2ccccc2)sc2cc(F)cc(F)c21. The zero-order valence-corrected chi connectivity index (χ0v) is 17.0. The summed E-state index contributed by atoms with van der Waals surface area (Å²) in [5.41, 5.74) is 1.38. The zero-order chi connectivity index (χ0) is 19.9. The van der Waals surface area contributed by atoms with Gasteiger partial charge in [0.05, 0.1) is 22.6 Å². The summed E-state index contributed by atoms with van der Waals surface area (Å²) in [4.78, 5) is 16.8. The van der Waals surface area contributed by atoms with Crippen LogP contribution in [-0.4, -0.2) is 29.4 Å². The Morgan fingerprint density at radius 2 is 2.04 bits per heavy atom. The average Bonchev–Trinajstić information content (AvgIpc) is 3.00. The summed E-state index contributed by atoms with van der Waals surface area (Å²) >= 11 is 2.57. The molecule has 1 aromatic heterocycles. The predicted octanol–water partition coefficient (Wildman–Crippen LogP) is 4.38. The largest absolute Gasteiger partial charge is 0.380 e. The molecule has 2 aromatic carbocycles. The van der Waals surface area contributed by atoms with Crippen LogP contribution in [0.3, 0.4) is 0 Å². The number of carbonyl (C=O) groups is 1. The fourth-order valence-electron chi connectivity index (χ4n) is 2.69. The summed E-state index contributed by atoms with van der Waals surface area (Å²) in [5.74, 6) is -0.711. The molecule has 0 N–H and O–H groups in total. The van der Waals surface area contributed by atoms with E-state index in [1.54, 1.807) is 4.57 Å². The van der Waals surface area contributed by atoms with Gasteiger partial charge in [0.25, 0.3) is 5.91 Å². The summed E-state index contributed by atoms with van der Waals surface area (Å²) in [5, 5.41) is 0. The number of hydrogen-bond acceptors (Lipinski definition) is 4. The fraction of sp³-hybridized carbons (Fsp3) is 0.300. The molecule has 3 aromatic rings. The summed E-state index contributed by atoms with van der Waals surface area (Å²) < 4.78 is 35.3. The lowest BCUT2D eigenvalue weighted by Crippen LogP contribution is -2.20. The topological polar surface area (TPSA) is 43.6 Å². The van der Waals surface area contributed by atoms with Crippen molar-refractivity contribution in [3.05, 3.63) is 64.5 Å². The lowest BCUT2D eigenvalue weighted by Gasteiger charge is -2.06. The second-order valence-electron chi connectivity index (χ2n) is 5.95. The van der Waals surface area contributed by atoms with Crippen molar-refractivity contribution in [3.63, 3.8) is 0 Å². The zero-order valence-electron chi connectivity index (χ0n) is 15.4. The number of rotatable bonds is 8. The Kier molecular flexibility index (Phi) is 7.36. The molecule has 28 heavy (non-hydrogen) atoms. The number of hydrogen-bond donors (Lipinski definition) is 0. The van der Waals surface area contributed by atoms with Crippen molar-refractivity contribution in [2.45, 2.75) is 19.2 Å². The highest BCUT2D eigenvalue weighted by atomic mass is 32.2. The number of fused-ring (bicyclic) bond motifs is 1. The van der Waals surface area contributed by atoms with Gasteiger partial charge in [-0.25, -0.2) is 8.78 Å². The maximum absolute atomic E-state index is 14.3. The molecule has 0 spiro atoms. The first-order valence-electron chi connectivity index (χ1n) is 8.84. The molecule has 3 rings (SSSR count). The van der Waals surface area contributed by atoms with Crippen LogP contribution < -0.4 is 4.80 Å². The molecular weight excluding hydrogens is 402 g/mol. The highest BCUT2D eigenvalue weighted by Gasteiger charge is 2.14. The molecule has 0 bridgehead atoms. The average molecular weight is 423 g/mol. The maximum atomic E-state index is 14.3. The highest BCUT2D eigenvalue weighted by Crippen LogP contribution is 2.22. The Morgan fingerprint density at radius 3 is 2.79 bits per heavy atom. The molecule has 1 amide bonds. The first kappa shape index (κ1) is 20.7. The minimum Gasteiger partial charge on any atom is -0.380 e. The van der Waals surface area contributed by atoms with Crippen LogP contribution in [0.15, 0.2) is 47.5 Å². The van der Waals surface area contributed by atoms with E-state index in [0.717, 1.165) is 23.0 Å². The van der Waals surface area contributed by atoms with E-state index in [1.807, 2.05) is 37.3 Å². The number of thioether (sulfide) groups is 1. The monoisotopic (exact) mass is 422 g/mol. The van der Waals surface area contributed by atoms with E-state index >= 15 is 0 Å². The van der Waals surface area contributed by atoms with E-state index in [0.29, 0.717) is 35.0 Å². The lowest BCUT2D eigenvalue weighted by atomic mass is 10.2. The molecular formula is C20H20F2N2O2S2. The summed E-state index contributed by atoms with van der Waals surface area (Å²) in [7, 11) is 0. The number of amides is 1. The third-order valence-corrected chi connectivity index (χ3v) is 5.93. The van der Waals surface area contributed by atoms with Gasteiger partial charge in [-0.15, -0.1) is 11.8 Å². The quantitative estimate of drug-likeness (QED) is 0.506. The number of nitrogens with zero attached hydrogens (tertiary/aromatic N) is 2. The third-order valence-electron chi connectivity index (χ3n) is 3.92. The molecule has 0 aliphatic heterocycles. The van der Waals surface area contributed by atoms with Crippen LogP contribution in [0.4, 0.5) is 8.78 Å². The molecule has 0 aliphatic carbocycles. The Bertz CT molecular complexity index is 1020. The van der Waals surface area contributed by atoms with Gasteiger partial charge in [0.1, 0.15) is 5.82 Å². The molecule has 4 nitrogen and oxygen atoms in total. The van der Waals surface area contributed by atoms with Crippen molar-refractivity contribution < 1.29 is 18.3 Å². The van der Waals surface area contributed by atoms with Gasteiger partial charge in [-0.1, -0.05) is 41.7 Å². The molecule has 0 fully saturated rings. The van der Waals surface area contributed by atoms with Gasteiger partial charge in [-0.05, 0) is 18.6 Å². The number of ether oxygens (including phenoxy) is 1. The van der Waals surface area contributed by atoms with Gasteiger partial charge in [-0.3, -0.25) is 4.79 Å². The Morgan fingerprint density at radius 1 is 1.25 bits per heavy atom. The predicted molar refractivity (Wildman–Crippen MR) is 109 cm³/mol. The van der Waals surface area contributed by atoms with E-state index < -0.39 is 11.6 Å². The van der Waals surface area contributed by atoms with Gasteiger partial charge in [-0.2, -0.15) is 4.99 Å². The van der Waals surface area contributed by atoms with Gasteiger partial charge in [0.15, 0.2) is 10.6 Å². The second-order valence-corrected chi connectivity index (χ2v) is 7.95. The van der Waals surface area contributed by atoms with Crippen molar-refractivity contribution in [2.24, 2.45) is 4.99 Å². The van der Waals surface area contributed by atoms with Gasteiger partial charge < -0.3 is 9.30 Å². The molecule has 0 saturated heterocycles. The third kappa shape index (κ3) is 5.27. The molecule has 1 heterocycles. The van der Waals surface area contributed by atoms with Crippen LogP contribution >= 0.6 is 23.1 Å². The minimum absolute atomic E-state index is 0.214. The normalized spacial score (nSPS) is 12.0. The maximum Gasteiger partial charge on any atom is 0.258 e. The van der Waals surface area contributed by atoms with Crippen molar-refractivity contribution in [1.82, 2.24) is 4.57 Å². The Balaban J connectivity index is 1.82. The number of aromatic nitrogens is 1. The molecule has 0 aliphatic rings. The molecule has 0 atom stereocenters. The standard InChI is InChI=1S/C20H20F2N2O2S2/c1-2-26-9-8-24-19-16(22)10-15(21)11-17(19)28-20(24)23-18(25)13-27-12-14-6-4-3-5-7-14/h3-7,10-11H,2,8-9,12-13H2,1H3. The van der Waals surface area contributed by atoms with Crippen LogP contribution in [-0.2, 0) is 21.8 Å². The molecule has 0 radical (unpaired) electrons. The summed E-state index contributed by atoms with van der Waals surface area (Å²) in [6, 6.07) is 11.9. The van der Waals surface area contributed by atoms with E-state index in [4.69, 9.17) is 4.74 Å². The van der Waals surface area contributed by atoms with E-state index in [2.05, 4.69) is 4.99 Å². The summed E-state index contributed by atoms with van der Waals surface area (Å²) in [6.45, 7) is 3.08. The summed E-state index contributed by atoms with van der Waals surface area (Å²) in [6.07, 6.45) is 0. The van der Waals surface area contributed by atoms with Crippen molar-refractivity contribution in [1.29, 1.82) is 0 Å². The first-order valence-corrected chi connectivity index (χ1v) is 10.8. The van der Waals surface area contributed by atoms with Gasteiger partial charge in [0.2, 0.25) is 0 Å². The van der Waals surface area contributed by atoms with E-state index in [1.165, 1.54) is 17.8 Å². The van der Waals surface area contributed by atoms with Crippen molar-refractivity contribution >= 4 is 39.2 Å². The lowest BCUT2D eigenvalue weighted by molar-refractivity contribution is -0.115. The second kappa shape index (κ2) is 9.95. The van der Waals surface area contributed by atoms with Crippen molar-refractivity contribution in [3.8, 4) is 0 Å². The number of halogens is 2. The van der Waals surface area contributed by atoms with E-state index in [9.17, 15) is 13.6 Å². The van der Waals surface area contributed by atoms with Crippen molar-refractivity contribution in [2.75, 3.05) is 19.0 Å². The molecule has 0 saturated carbocycles. The highest BCUT2D eigenvalue weighted by molar-refractivity contribution is 7.99. The first-order chi connectivity index (χ1) is 13.6. The number of carbonyl (C=O) groups excluding carboxylic acids is 1. The van der Waals surface area contributed by atoms with Gasteiger partial charge in [0, 0.05) is 25.0 Å². The molecule has 148 valence electrons. The Hall–Kier alpha value is -2.03. The minimum atomic E-state index is -0.671. The fourth-order valence-corrected chi connectivity index (χ4v) is 4.57. The van der Waals surface area contributed by atoms with Crippen LogP contribution in [0, 0.1) is 11.6 Å². The number of thiazole rings is 1. The van der Waals surface area contributed by atoms with E-state index in [-0.39, 0.29) is 17.2 Å². The van der Waals surface area contributed by atoms with Crippen LogP contribution in [0.2, 0.25) is 0 Å². The van der Waals surface area contributed by atoms with Crippen LogP contribution in [0.1, 0.15) is 12.5 Å². The molecule has 0 unspecified atom stereocenters.